The summed E-state index contributed by atoms with van der Waals surface area (Å²) in [6, 6.07) is 7.45. The largest absolute Gasteiger partial charge is 0.433 e. The van der Waals surface area contributed by atoms with Crippen LogP contribution in [-0.2, 0) is 11.0 Å². The number of benzene rings is 1. The van der Waals surface area contributed by atoms with Gasteiger partial charge in [0.15, 0.2) is 10.9 Å². The quantitative estimate of drug-likeness (QED) is 0.450. The molecule has 26 heavy (non-hydrogen) atoms. The van der Waals surface area contributed by atoms with Gasteiger partial charge in [0.2, 0.25) is 5.91 Å². The summed E-state index contributed by atoms with van der Waals surface area (Å²) in [5.41, 5.74) is -0.00247. The van der Waals surface area contributed by atoms with E-state index in [0.29, 0.717) is 24.2 Å². The molecule has 0 spiro atoms. The van der Waals surface area contributed by atoms with Crippen LogP contribution in [0, 0.1) is 0 Å². The lowest BCUT2D eigenvalue weighted by molar-refractivity contribution is -0.141. The van der Waals surface area contributed by atoms with Gasteiger partial charge in [0.25, 0.3) is 0 Å². The zero-order valence-electron chi connectivity index (χ0n) is 13.5. The van der Waals surface area contributed by atoms with Gasteiger partial charge in [-0.3, -0.25) is 9.59 Å². The molecule has 0 N–H and O–H groups in total. The number of anilines is 1. The van der Waals surface area contributed by atoms with Gasteiger partial charge in [-0.05, 0) is 24.6 Å². The van der Waals surface area contributed by atoms with E-state index in [9.17, 15) is 22.8 Å². The molecule has 0 bridgehead atoms. The number of thioether (sulfide) groups is 1. The first-order valence-electron chi connectivity index (χ1n) is 7.81. The second-order valence-corrected chi connectivity index (χ2v) is 6.58. The lowest BCUT2D eigenvalue weighted by atomic mass is 10.1. The van der Waals surface area contributed by atoms with Gasteiger partial charge in [-0.15, -0.1) is 0 Å². The molecule has 1 amide bonds. The van der Waals surface area contributed by atoms with Crippen LogP contribution in [0.2, 0.25) is 0 Å². The molecule has 9 heteroatoms. The summed E-state index contributed by atoms with van der Waals surface area (Å²) in [4.78, 5) is 33.0. The SMILES string of the molecule is O=C(CSc1nccc(C(F)(F)F)n1)c1cccc(N2CCCC2=O)c1. The number of hydrogen-bond acceptors (Lipinski definition) is 5. The van der Waals surface area contributed by atoms with Crippen molar-refractivity contribution in [2.45, 2.75) is 24.2 Å². The number of ketones is 1. The van der Waals surface area contributed by atoms with Crippen molar-refractivity contribution in [3.05, 3.63) is 47.8 Å². The molecule has 0 atom stereocenters. The Morgan fingerprint density at radius 1 is 1.27 bits per heavy atom. The Bertz CT molecular complexity index is 842. The van der Waals surface area contributed by atoms with Gasteiger partial charge in [-0.25, -0.2) is 9.97 Å². The number of hydrogen-bond donors (Lipinski definition) is 0. The molecule has 0 saturated carbocycles. The molecule has 2 heterocycles. The Hall–Kier alpha value is -2.42. The number of amides is 1. The fourth-order valence-electron chi connectivity index (χ4n) is 2.55. The van der Waals surface area contributed by atoms with Crippen LogP contribution < -0.4 is 4.90 Å². The van der Waals surface area contributed by atoms with E-state index in [1.165, 1.54) is 0 Å². The Morgan fingerprint density at radius 2 is 2.08 bits per heavy atom. The fraction of sp³-hybridized carbons (Fsp3) is 0.294. The van der Waals surface area contributed by atoms with Crippen molar-refractivity contribution in [1.29, 1.82) is 0 Å². The molecule has 1 aromatic heterocycles. The van der Waals surface area contributed by atoms with Crippen LogP contribution in [0.25, 0.3) is 0 Å². The molecule has 136 valence electrons. The topological polar surface area (TPSA) is 63.2 Å². The Balaban J connectivity index is 1.68. The number of aromatic nitrogens is 2. The van der Waals surface area contributed by atoms with E-state index in [4.69, 9.17) is 0 Å². The average molecular weight is 381 g/mol. The predicted molar refractivity (Wildman–Crippen MR) is 90.1 cm³/mol. The molecule has 2 aromatic rings. The second-order valence-electron chi connectivity index (χ2n) is 5.63. The van der Waals surface area contributed by atoms with Gasteiger partial charge < -0.3 is 4.90 Å². The van der Waals surface area contributed by atoms with Crippen LogP contribution in [-0.4, -0.2) is 34.0 Å². The first-order valence-corrected chi connectivity index (χ1v) is 8.80. The molecule has 0 unspecified atom stereocenters. The maximum absolute atomic E-state index is 12.7. The summed E-state index contributed by atoms with van der Waals surface area (Å²) >= 11 is 0.840. The molecule has 1 fully saturated rings. The van der Waals surface area contributed by atoms with E-state index < -0.39 is 11.9 Å². The summed E-state index contributed by atoms with van der Waals surface area (Å²) in [6.07, 6.45) is -2.28. The smallest absolute Gasteiger partial charge is 0.312 e. The molecule has 5 nitrogen and oxygen atoms in total. The van der Waals surface area contributed by atoms with Gasteiger partial charge >= 0.3 is 6.18 Å². The van der Waals surface area contributed by atoms with Crippen molar-refractivity contribution >= 4 is 29.1 Å². The monoisotopic (exact) mass is 381 g/mol. The first kappa shape index (κ1) is 18.4. The fourth-order valence-corrected chi connectivity index (χ4v) is 3.28. The highest BCUT2D eigenvalue weighted by Crippen LogP contribution is 2.28. The van der Waals surface area contributed by atoms with E-state index in [0.717, 1.165) is 30.4 Å². The van der Waals surface area contributed by atoms with E-state index in [2.05, 4.69) is 9.97 Å². The molecule has 1 aromatic carbocycles. The van der Waals surface area contributed by atoms with Crippen LogP contribution in [0.15, 0.2) is 41.7 Å². The number of nitrogens with zero attached hydrogens (tertiary/aromatic N) is 3. The molecule has 1 saturated heterocycles. The van der Waals surface area contributed by atoms with Crippen molar-refractivity contribution in [3.63, 3.8) is 0 Å². The van der Waals surface area contributed by atoms with Crippen LogP contribution in [0.5, 0.6) is 0 Å². The zero-order valence-corrected chi connectivity index (χ0v) is 14.3. The summed E-state index contributed by atoms with van der Waals surface area (Å²) in [5.74, 6) is -0.357. The average Bonchev–Trinajstić information content (AvgIpc) is 3.05. The third-order valence-electron chi connectivity index (χ3n) is 3.81. The number of carbonyl (C=O) groups is 2. The summed E-state index contributed by atoms with van der Waals surface area (Å²) in [5, 5.41) is -0.112. The minimum absolute atomic E-state index is 0.0151. The van der Waals surface area contributed by atoms with Crippen LogP contribution in [0.1, 0.15) is 28.9 Å². The number of alkyl halides is 3. The predicted octanol–water partition coefficient (Wildman–Crippen LogP) is 3.60. The Morgan fingerprint density at radius 3 is 2.77 bits per heavy atom. The maximum atomic E-state index is 12.7. The van der Waals surface area contributed by atoms with E-state index >= 15 is 0 Å². The van der Waals surface area contributed by atoms with Crippen LogP contribution in [0.4, 0.5) is 18.9 Å². The summed E-state index contributed by atoms with van der Waals surface area (Å²) in [6.45, 7) is 0.614. The summed E-state index contributed by atoms with van der Waals surface area (Å²) < 4.78 is 38.0. The zero-order chi connectivity index (χ0) is 18.7. The second kappa shape index (κ2) is 7.45. The van der Waals surface area contributed by atoms with Crippen molar-refractivity contribution < 1.29 is 22.8 Å². The molecule has 3 rings (SSSR count). The number of Topliss-reactive ketones (excluding diaryl/α,β-unsaturated/α-hetero) is 1. The molecule has 0 radical (unpaired) electrons. The Labute approximate surface area is 151 Å². The lowest BCUT2D eigenvalue weighted by Crippen LogP contribution is -2.23. The molecule has 0 aliphatic carbocycles. The normalized spacial score (nSPS) is 14.7. The Kier molecular flexibility index (Phi) is 5.26. The minimum Gasteiger partial charge on any atom is -0.312 e. The van der Waals surface area contributed by atoms with Gasteiger partial charge in [0.1, 0.15) is 5.69 Å². The third kappa shape index (κ3) is 4.21. The molecule has 1 aliphatic rings. The van der Waals surface area contributed by atoms with E-state index in [-0.39, 0.29) is 22.6 Å². The van der Waals surface area contributed by atoms with Crippen molar-refractivity contribution in [2.24, 2.45) is 0 Å². The van der Waals surface area contributed by atoms with Gasteiger partial charge in [-0.1, -0.05) is 23.9 Å². The highest BCUT2D eigenvalue weighted by atomic mass is 32.2. The number of rotatable bonds is 5. The van der Waals surface area contributed by atoms with Crippen molar-refractivity contribution in [3.8, 4) is 0 Å². The van der Waals surface area contributed by atoms with Gasteiger partial charge in [0.05, 0.1) is 5.75 Å². The molecule has 1 aliphatic heterocycles. The first-order chi connectivity index (χ1) is 12.3. The van der Waals surface area contributed by atoms with Crippen LogP contribution >= 0.6 is 11.8 Å². The maximum Gasteiger partial charge on any atom is 0.433 e. The third-order valence-corrected chi connectivity index (χ3v) is 4.67. The number of halogens is 3. The summed E-state index contributed by atoms with van der Waals surface area (Å²) in [7, 11) is 0. The highest BCUT2D eigenvalue weighted by molar-refractivity contribution is 7.99. The van der Waals surface area contributed by atoms with E-state index in [1.54, 1.807) is 29.2 Å². The minimum atomic E-state index is -4.56. The highest BCUT2D eigenvalue weighted by Gasteiger charge is 2.32. The number of carbonyl (C=O) groups excluding carboxylic acids is 2. The standard InChI is InChI=1S/C17H14F3N3O2S/c18-17(19,20)14-6-7-21-16(22-14)26-10-13(24)11-3-1-4-12(9-11)23-8-2-5-15(23)25/h1,3-4,6-7,9H,2,5,8,10H2. The molecular formula is C17H14F3N3O2S. The van der Waals surface area contributed by atoms with E-state index in [1.807, 2.05) is 0 Å². The molecular weight excluding hydrogens is 367 g/mol. The van der Waals surface area contributed by atoms with Crippen LogP contribution in [0.3, 0.4) is 0 Å². The lowest BCUT2D eigenvalue weighted by Gasteiger charge is -2.16. The van der Waals surface area contributed by atoms with Crippen molar-refractivity contribution in [1.82, 2.24) is 9.97 Å². The van der Waals surface area contributed by atoms with Gasteiger partial charge in [0, 0.05) is 30.4 Å². The van der Waals surface area contributed by atoms with Gasteiger partial charge in [-0.2, -0.15) is 13.2 Å². The van der Waals surface area contributed by atoms with Crippen molar-refractivity contribution in [2.75, 3.05) is 17.2 Å².